The van der Waals surface area contributed by atoms with Gasteiger partial charge in [0.25, 0.3) is 5.91 Å². The zero-order valence-corrected chi connectivity index (χ0v) is 17.8. The topological polar surface area (TPSA) is 110 Å². The summed E-state index contributed by atoms with van der Waals surface area (Å²) in [5.74, 6) is -0.657. The number of anilines is 1. The highest BCUT2D eigenvalue weighted by molar-refractivity contribution is 6.04. The van der Waals surface area contributed by atoms with Crippen LogP contribution in [0.4, 0.5) is 5.69 Å². The molecule has 32 heavy (non-hydrogen) atoms. The van der Waals surface area contributed by atoms with Gasteiger partial charge in [-0.2, -0.15) is 0 Å². The number of aliphatic hydroxyl groups is 1. The number of carbonyl (C=O) groups is 4. The Morgan fingerprint density at radius 1 is 0.969 bits per heavy atom. The summed E-state index contributed by atoms with van der Waals surface area (Å²) >= 11 is 0. The number of aliphatic hydroxyl groups excluding tert-OH is 1. The third kappa shape index (κ3) is 7.13. The zero-order valence-electron chi connectivity index (χ0n) is 17.8. The number of ether oxygens (including phenoxy) is 1. The van der Waals surface area contributed by atoms with Gasteiger partial charge in [0.1, 0.15) is 17.3 Å². The molecule has 1 aliphatic carbocycles. The maximum atomic E-state index is 12.2. The second-order valence-electron chi connectivity index (χ2n) is 8.03. The molecule has 2 atom stereocenters. The monoisotopic (exact) mass is 437 g/mol. The van der Waals surface area contributed by atoms with Gasteiger partial charge in [0, 0.05) is 42.9 Å². The fourth-order valence-corrected chi connectivity index (χ4v) is 3.69. The van der Waals surface area contributed by atoms with Crippen LogP contribution in [0.5, 0.6) is 5.75 Å². The number of rotatable bonds is 10. The van der Waals surface area contributed by atoms with Crippen LogP contribution in [0.15, 0.2) is 54.6 Å². The molecule has 0 bridgehead atoms. The average molecular weight is 437 g/mol. The Balaban J connectivity index is 1.34. The number of hydrogen-bond donors (Lipinski definition) is 2. The maximum Gasteiger partial charge on any atom is 0.311 e. The summed E-state index contributed by atoms with van der Waals surface area (Å²) in [6.45, 7) is 0. The molecule has 0 aliphatic heterocycles. The minimum atomic E-state index is -0.621. The van der Waals surface area contributed by atoms with E-state index >= 15 is 0 Å². The van der Waals surface area contributed by atoms with Gasteiger partial charge >= 0.3 is 5.97 Å². The lowest BCUT2D eigenvalue weighted by molar-refractivity contribution is -0.134. The molecule has 0 spiro atoms. The Bertz CT molecular complexity index is 954. The van der Waals surface area contributed by atoms with E-state index in [-0.39, 0.29) is 42.7 Å². The van der Waals surface area contributed by atoms with Crippen molar-refractivity contribution in [3.8, 4) is 5.75 Å². The van der Waals surface area contributed by atoms with Crippen molar-refractivity contribution < 1.29 is 29.0 Å². The standard InChI is InChI=1S/C25H27NO6/c27-20(14-18-15-21(28)16-23(18)29)8-4-5-9-24(30)32-22-12-10-19(11-13-22)26-25(31)17-6-2-1-3-7-17/h1-3,6-7,10-13,18,21,28H,4-5,8-9,14-16H2,(H,26,31). The summed E-state index contributed by atoms with van der Waals surface area (Å²) in [5, 5.41) is 12.3. The van der Waals surface area contributed by atoms with E-state index in [4.69, 9.17) is 4.74 Å². The summed E-state index contributed by atoms with van der Waals surface area (Å²) in [5.41, 5.74) is 1.14. The van der Waals surface area contributed by atoms with E-state index < -0.39 is 12.1 Å². The Hall–Kier alpha value is -3.32. The van der Waals surface area contributed by atoms with Crippen molar-refractivity contribution in [2.75, 3.05) is 5.32 Å². The molecule has 168 valence electrons. The number of unbranched alkanes of at least 4 members (excludes halogenated alkanes) is 1. The van der Waals surface area contributed by atoms with E-state index in [1.165, 1.54) is 0 Å². The second kappa shape index (κ2) is 11.3. The van der Waals surface area contributed by atoms with Crippen LogP contribution in [-0.2, 0) is 14.4 Å². The Labute approximate surface area is 186 Å². The Kier molecular flexibility index (Phi) is 8.27. The van der Waals surface area contributed by atoms with Crippen molar-refractivity contribution in [1.29, 1.82) is 0 Å². The van der Waals surface area contributed by atoms with E-state index in [0.717, 1.165) is 0 Å². The quantitative estimate of drug-likeness (QED) is 0.333. The molecule has 2 unspecified atom stereocenters. The van der Waals surface area contributed by atoms with Crippen LogP contribution in [0.25, 0.3) is 0 Å². The van der Waals surface area contributed by atoms with E-state index in [2.05, 4.69) is 5.32 Å². The van der Waals surface area contributed by atoms with Crippen molar-refractivity contribution in [3.63, 3.8) is 0 Å². The molecular formula is C25H27NO6. The minimum Gasteiger partial charge on any atom is -0.427 e. The number of ketones is 2. The molecule has 0 heterocycles. The molecule has 2 aromatic carbocycles. The molecule has 0 radical (unpaired) electrons. The predicted octanol–water partition coefficient (Wildman–Crippen LogP) is 3.70. The number of nitrogens with one attached hydrogen (secondary N) is 1. The summed E-state index contributed by atoms with van der Waals surface area (Å²) in [4.78, 5) is 47.8. The first-order valence-electron chi connectivity index (χ1n) is 10.8. The van der Waals surface area contributed by atoms with E-state index in [1.807, 2.05) is 6.07 Å². The molecule has 0 aromatic heterocycles. The molecule has 1 aliphatic rings. The first kappa shape index (κ1) is 23.3. The smallest absolute Gasteiger partial charge is 0.311 e. The fraction of sp³-hybridized carbons (Fsp3) is 0.360. The number of esters is 1. The van der Waals surface area contributed by atoms with Crippen LogP contribution in [0.2, 0.25) is 0 Å². The van der Waals surface area contributed by atoms with Crippen LogP contribution >= 0.6 is 0 Å². The number of amides is 1. The van der Waals surface area contributed by atoms with Crippen molar-refractivity contribution in [2.24, 2.45) is 5.92 Å². The highest BCUT2D eigenvalue weighted by atomic mass is 16.5. The third-order valence-corrected chi connectivity index (χ3v) is 5.39. The number of hydrogen-bond acceptors (Lipinski definition) is 6. The molecule has 1 saturated carbocycles. The predicted molar refractivity (Wildman–Crippen MR) is 118 cm³/mol. The van der Waals surface area contributed by atoms with Gasteiger partial charge in [-0.25, -0.2) is 0 Å². The number of benzene rings is 2. The highest BCUT2D eigenvalue weighted by Crippen LogP contribution is 2.26. The SMILES string of the molecule is O=C(CCCCC(=O)Oc1ccc(NC(=O)c2ccccc2)cc1)CC1CC(O)CC1=O. The fourth-order valence-electron chi connectivity index (χ4n) is 3.69. The van der Waals surface area contributed by atoms with E-state index in [0.29, 0.717) is 42.7 Å². The first-order chi connectivity index (χ1) is 15.4. The summed E-state index contributed by atoms with van der Waals surface area (Å²) in [6, 6.07) is 15.4. The second-order valence-corrected chi connectivity index (χ2v) is 8.03. The maximum absolute atomic E-state index is 12.2. The summed E-state index contributed by atoms with van der Waals surface area (Å²) < 4.78 is 5.29. The molecule has 7 heteroatoms. The lowest BCUT2D eigenvalue weighted by atomic mass is 9.97. The lowest BCUT2D eigenvalue weighted by Crippen LogP contribution is -2.13. The molecule has 0 saturated heterocycles. The van der Waals surface area contributed by atoms with Crippen LogP contribution in [0, 0.1) is 5.92 Å². The number of carbonyl (C=O) groups excluding carboxylic acids is 4. The molecular weight excluding hydrogens is 410 g/mol. The van der Waals surface area contributed by atoms with Crippen LogP contribution in [0.1, 0.15) is 55.3 Å². The normalized spacial score (nSPS) is 17.7. The van der Waals surface area contributed by atoms with Gasteiger partial charge in [-0.3, -0.25) is 19.2 Å². The third-order valence-electron chi connectivity index (χ3n) is 5.39. The molecule has 7 nitrogen and oxygen atoms in total. The van der Waals surface area contributed by atoms with Crippen LogP contribution < -0.4 is 10.1 Å². The van der Waals surface area contributed by atoms with E-state index in [1.54, 1.807) is 48.5 Å². The van der Waals surface area contributed by atoms with Gasteiger partial charge < -0.3 is 15.2 Å². The van der Waals surface area contributed by atoms with Gasteiger partial charge in [0.05, 0.1) is 6.10 Å². The Morgan fingerprint density at radius 3 is 2.31 bits per heavy atom. The van der Waals surface area contributed by atoms with Gasteiger partial charge in [0.15, 0.2) is 0 Å². The molecule has 3 rings (SSSR count). The van der Waals surface area contributed by atoms with Gasteiger partial charge in [-0.1, -0.05) is 18.2 Å². The largest absolute Gasteiger partial charge is 0.427 e. The summed E-state index contributed by atoms with van der Waals surface area (Å²) in [6.07, 6.45) is 1.61. The highest BCUT2D eigenvalue weighted by Gasteiger charge is 2.32. The average Bonchev–Trinajstić information content (AvgIpc) is 3.09. The molecule has 2 N–H and O–H groups in total. The van der Waals surface area contributed by atoms with Crippen molar-refractivity contribution in [3.05, 3.63) is 60.2 Å². The van der Waals surface area contributed by atoms with Crippen molar-refractivity contribution >= 4 is 29.1 Å². The molecule has 2 aromatic rings. The molecule has 1 amide bonds. The Morgan fingerprint density at radius 2 is 1.66 bits per heavy atom. The van der Waals surface area contributed by atoms with Crippen LogP contribution in [0.3, 0.4) is 0 Å². The van der Waals surface area contributed by atoms with E-state index in [9.17, 15) is 24.3 Å². The van der Waals surface area contributed by atoms with Crippen molar-refractivity contribution in [2.45, 2.75) is 51.0 Å². The number of Topliss-reactive ketones (excluding diaryl/α,β-unsaturated/α-hetero) is 2. The summed E-state index contributed by atoms with van der Waals surface area (Å²) in [7, 11) is 0. The van der Waals surface area contributed by atoms with Crippen molar-refractivity contribution in [1.82, 2.24) is 0 Å². The minimum absolute atomic E-state index is 0.0149. The molecule has 1 fully saturated rings. The van der Waals surface area contributed by atoms with Gasteiger partial charge in [-0.05, 0) is 55.7 Å². The van der Waals surface area contributed by atoms with Gasteiger partial charge in [0.2, 0.25) is 0 Å². The van der Waals surface area contributed by atoms with Gasteiger partial charge in [-0.15, -0.1) is 0 Å². The first-order valence-corrected chi connectivity index (χ1v) is 10.8. The van der Waals surface area contributed by atoms with Crippen LogP contribution in [-0.4, -0.2) is 34.7 Å². The lowest BCUT2D eigenvalue weighted by Gasteiger charge is -2.08. The zero-order chi connectivity index (χ0) is 22.9.